The minimum Gasteiger partial charge on any atom is -0.300 e. The largest absolute Gasteiger partial charge is 0.595 e. The Kier molecular flexibility index (Phi) is 12.6. The van der Waals surface area contributed by atoms with E-state index in [1.165, 1.54) is 13.3 Å². The van der Waals surface area contributed by atoms with E-state index in [1.807, 2.05) is 0 Å². The summed E-state index contributed by atoms with van der Waals surface area (Å²) in [7, 11) is -11.2. The zero-order chi connectivity index (χ0) is 45.7. The van der Waals surface area contributed by atoms with Gasteiger partial charge in [-0.15, -0.1) is 0 Å². The third-order valence-electron chi connectivity index (χ3n) is 5.46. The molecule has 0 bridgehead atoms. The quantitative estimate of drug-likeness (QED) is 0.121. The summed E-state index contributed by atoms with van der Waals surface area (Å²) in [6.45, 7) is 0. The second-order valence-electron chi connectivity index (χ2n) is 9.33. The van der Waals surface area contributed by atoms with Crippen molar-refractivity contribution in [3.05, 3.63) is 0 Å². The lowest BCUT2D eigenvalue weighted by molar-refractivity contribution is -0.467. The molecule has 0 N–H and O–H groups in total. The van der Waals surface area contributed by atoms with E-state index in [0.29, 0.717) is 0 Å². The van der Waals surface area contributed by atoms with E-state index in [2.05, 4.69) is 0 Å². The Morgan fingerprint density at radius 1 is 0.273 bits per heavy atom. The van der Waals surface area contributed by atoms with Crippen LogP contribution >= 0.6 is 0 Å². The van der Waals surface area contributed by atoms with Crippen LogP contribution in [-0.4, -0.2) is 105 Å². The van der Waals surface area contributed by atoms with Crippen molar-refractivity contribution in [3.63, 3.8) is 0 Å². The number of hydrogen-bond acceptors (Lipinski definition) is 4. The number of halogens is 34. The molecule has 39 heteroatoms. The first-order valence-electron chi connectivity index (χ1n) is 11.1. The molecule has 0 aliphatic rings. The molecule has 0 amide bonds. The first kappa shape index (κ1) is 52.4. The van der Waals surface area contributed by atoms with Crippen LogP contribution in [0.4, 0.5) is 149 Å². The Hall–Kier alpha value is -2.61. The van der Waals surface area contributed by atoms with Gasteiger partial charge < -0.3 is 13.3 Å². The van der Waals surface area contributed by atoms with E-state index in [9.17, 15) is 154 Å². The van der Waals surface area contributed by atoms with E-state index >= 15 is 0 Å². The van der Waals surface area contributed by atoms with E-state index in [0.717, 1.165) is 0 Å². The summed E-state index contributed by atoms with van der Waals surface area (Å²) in [6, 6.07) is 0. The molecule has 0 fully saturated rings. The molecule has 55 heavy (non-hydrogen) atoms. The lowest BCUT2D eigenvalue weighted by atomic mass is 9.87. The number of carbonyl (C=O) groups excluding carboxylic acids is 1. The summed E-state index contributed by atoms with van der Waals surface area (Å²) in [4.78, 5) is 11.9. The van der Waals surface area contributed by atoms with Gasteiger partial charge in [-0.25, -0.2) is 0 Å². The van der Waals surface area contributed by atoms with Gasteiger partial charge in [0.25, 0.3) is 5.41 Å². The zero-order valence-electron chi connectivity index (χ0n) is 23.0. The maximum atomic E-state index is 14.4. The van der Waals surface area contributed by atoms with Gasteiger partial charge in [0, 0.05) is 0 Å². The molecule has 0 spiro atoms. The molecular formula is C16F34O4Si. The van der Waals surface area contributed by atoms with Crippen LogP contribution in [0.5, 0.6) is 0 Å². The summed E-state index contributed by atoms with van der Waals surface area (Å²) >= 11 is 0. The number of alkyl halides is 34. The molecular weight excluding hydrogens is 930 g/mol. The molecule has 0 saturated heterocycles. The van der Waals surface area contributed by atoms with Gasteiger partial charge in [0.2, 0.25) is 0 Å². The average molecular weight is 930 g/mol. The molecule has 0 aromatic rings. The van der Waals surface area contributed by atoms with Gasteiger partial charge in [-0.1, -0.05) is 0 Å². The molecule has 0 radical (unpaired) electrons. The Morgan fingerprint density at radius 2 is 0.455 bits per heavy atom. The van der Waals surface area contributed by atoms with Crippen LogP contribution in [-0.2, 0) is 18.1 Å². The van der Waals surface area contributed by atoms with Gasteiger partial charge in [0.05, 0.1) is 0 Å². The monoisotopic (exact) mass is 930 g/mol. The van der Waals surface area contributed by atoms with Crippen LogP contribution in [0.15, 0.2) is 0 Å². The van der Waals surface area contributed by atoms with Crippen molar-refractivity contribution in [2.24, 2.45) is 0 Å². The first-order valence-corrected chi connectivity index (χ1v) is 12.8. The Labute approximate surface area is 273 Å². The van der Waals surface area contributed by atoms with Gasteiger partial charge in [-0.3, -0.25) is 4.79 Å². The van der Waals surface area contributed by atoms with Crippen LogP contribution in [0.25, 0.3) is 0 Å². The van der Waals surface area contributed by atoms with Gasteiger partial charge in [0.1, 0.15) is 0 Å². The third kappa shape index (κ3) is 7.85. The molecule has 0 heterocycles. The van der Waals surface area contributed by atoms with Crippen LogP contribution in [0, 0.1) is 0 Å². The molecule has 0 unspecified atom stereocenters. The minimum absolute atomic E-state index is 1.25. The smallest absolute Gasteiger partial charge is 0.300 e. The third-order valence-corrected chi connectivity index (χ3v) is 7.90. The predicted molar refractivity (Wildman–Crippen MR) is 92.7 cm³/mol. The fraction of sp³-hybridized carbons (Fsp3) is 0.938. The fourth-order valence-corrected chi connectivity index (χ4v) is 4.88. The zero-order valence-corrected chi connectivity index (χ0v) is 24.0. The Morgan fingerprint density at radius 3 is 0.636 bits per heavy atom. The standard InChI is InChI=1S/C16F34O4Si/c17-2(18,3(19,20)4(21,22)5(23,24)6(25,26)7(27,28)8(29,30)9(31,32)10(33,34)35)1(51)55(52-14(45,46)11(36,37)38,53-15(47,48)12(39,40)41)54-16(49,50)13(42,43)44. The van der Waals surface area contributed by atoms with Crippen LogP contribution in [0.1, 0.15) is 0 Å². The van der Waals surface area contributed by atoms with Gasteiger partial charge in [-0.05, 0) is 0 Å². The van der Waals surface area contributed by atoms with Gasteiger partial charge >= 0.3 is 99.2 Å². The average Bonchev–Trinajstić information content (AvgIpc) is 2.88. The molecule has 0 rings (SSSR count). The highest BCUT2D eigenvalue weighted by Crippen LogP contribution is 2.66. The summed E-state index contributed by atoms with van der Waals surface area (Å²) in [5.41, 5.74) is 0. The van der Waals surface area contributed by atoms with E-state index in [-0.39, 0.29) is 0 Å². The lowest BCUT2D eigenvalue weighted by Crippen LogP contribution is -2.78. The van der Waals surface area contributed by atoms with Crippen LogP contribution in [0.2, 0.25) is 0 Å². The maximum Gasteiger partial charge on any atom is 0.595 e. The van der Waals surface area contributed by atoms with Crippen molar-refractivity contribution in [2.75, 3.05) is 0 Å². The highest BCUT2D eigenvalue weighted by atomic mass is 28.4. The second kappa shape index (κ2) is 13.2. The van der Waals surface area contributed by atoms with Crippen molar-refractivity contribution in [2.45, 2.75) is 90.4 Å². The van der Waals surface area contributed by atoms with Crippen molar-refractivity contribution < 1.29 is 167 Å². The van der Waals surface area contributed by atoms with E-state index in [1.54, 1.807) is 0 Å². The molecule has 0 saturated carbocycles. The lowest BCUT2D eigenvalue weighted by Gasteiger charge is -2.44. The highest BCUT2D eigenvalue weighted by Gasteiger charge is 2.98. The van der Waals surface area contributed by atoms with Crippen LogP contribution < -0.4 is 0 Å². The number of hydrogen-bond donors (Lipinski definition) is 0. The predicted octanol–water partition coefficient (Wildman–Crippen LogP) is 10.2. The summed E-state index contributed by atoms with van der Waals surface area (Å²) < 4.78 is 454. The Balaban J connectivity index is 8.40. The molecule has 0 aliphatic heterocycles. The van der Waals surface area contributed by atoms with Gasteiger partial charge in [0.15, 0.2) is 0 Å². The second-order valence-corrected chi connectivity index (χ2v) is 11.5. The molecule has 0 atom stereocenters. The molecule has 0 aromatic heterocycles. The minimum atomic E-state index is -11.2. The van der Waals surface area contributed by atoms with Gasteiger partial charge in [-0.2, -0.15) is 149 Å². The van der Waals surface area contributed by atoms with Crippen LogP contribution in [0.3, 0.4) is 0 Å². The molecule has 330 valence electrons. The topological polar surface area (TPSA) is 44.8 Å². The summed E-state index contributed by atoms with van der Waals surface area (Å²) in [5, 5.41) is -6.73. The van der Waals surface area contributed by atoms with Crippen molar-refractivity contribution >= 4 is 14.2 Å². The molecule has 4 nitrogen and oxygen atoms in total. The highest BCUT2D eigenvalue weighted by molar-refractivity contribution is 6.93. The maximum absolute atomic E-state index is 14.4. The SMILES string of the molecule is O=C(C(F)(F)C(F)(F)C(F)(F)C(F)(F)C(F)(F)C(F)(F)C(F)(F)C(F)(F)C(F)(F)F)[Si](OC(F)(F)C(F)(F)F)(OC(F)(F)C(F)(F)F)OC(F)(F)C(F)(F)F. The first-order chi connectivity index (χ1) is 23.0. The fourth-order valence-electron chi connectivity index (χ4n) is 2.58. The summed E-state index contributed by atoms with van der Waals surface area (Å²) in [5.74, 6) is -78.0. The normalized spacial score (nSPS) is 16.8. The Bertz CT molecular complexity index is 1330. The molecule has 0 aromatic carbocycles. The van der Waals surface area contributed by atoms with Crippen molar-refractivity contribution in [1.82, 2.24) is 0 Å². The summed E-state index contributed by atoms with van der Waals surface area (Å²) in [6.07, 6.45) is -59.0. The van der Waals surface area contributed by atoms with Crippen molar-refractivity contribution in [3.8, 4) is 0 Å². The van der Waals surface area contributed by atoms with E-state index < -0.39 is 105 Å². The van der Waals surface area contributed by atoms with Crippen molar-refractivity contribution in [1.29, 1.82) is 0 Å². The molecule has 0 aliphatic carbocycles. The number of carbonyl (C=O) groups is 1. The van der Waals surface area contributed by atoms with E-state index in [4.69, 9.17) is 0 Å². The number of rotatable bonds is 15.